The normalized spacial score (nSPS) is 11.0. The third-order valence-electron chi connectivity index (χ3n) is 2.55. The zero-order valence-corrected chi connectivity index (χ0v) is 13.4. The Hall–Kier alpha value is -1.84. The molecule has 2 rings (SSSR count). The van der Waals surface area contributed by atoms with Crippen molar-refractivity contribution in [2.45, 2.75) is 4.90 Å². The lowest BCUT2D eigenvalue weighted by Gasteiger charge is -2.10. The third kappa shape index (κ3) is 3.84. The van der Waals surface area contributed by atoms with Gasteiger partial charge in [-0.15, -0.1) is 0 Å². The molecule has 0 amide bonds. The van der Waals surface area contributed by atoms with E-state index in [4.69, 9.17) is 10.6 Å². The summed E-state index contributed by atoms with van der Waals surface area (Å²) in [6, 6.07) is 7.80. The lowest BCUT2D eigenvalue weighted by Crippen LogP contribution is -2.14. The standard InChI is InChI=1S/C12H13BrN4O3S/c1-20-10-5-8(13)4-9(6-10)17-21(18,19)11-2-3-12(16-14)15-7-11/h2-7,17H,14H2,1H3,(H,15,16). The summed E-state index contributed by atoms with van der Waals surface area (Å²) in [5, 5.41) is 0. The molecule has 21 heavy (non-hydrogen) atoms. The molecule has 0 aliphatic rings. The van der Waals surface area contributed by atoms with Gasteiger partial charge >= 0.3 is 0 Å². The molecule has 0 unspecified atom stereocenters. The summed E-state index contributed by atoms with van der Waals surface area (Å²) < 4.78 is 32.7. The molecule has 0 spiro atoms. The van der Waals surface area contributed by atoms with Gasteiger partial charge in [-0.25, -0.2) is 19.2 Å². The van der Waals surface area contributed by atoms with Gasteiger partial charge < -0.3 is 10.2 Å². The van der Waals surface area contributed by atoms with Crippen LogP contribution in [0, 0.1) is 0 Å². The summed E-state index contributed by atoms with van der Waals surface area (Å²) in [6.07, 6.45) is 1.22. The molecule has 0 aliphatic carbocycles. The fourth-order valence-electron chi connectivity index (χ4n) is 1.58. The second kappa shape index (κ2) is 6.29. The number of ether oxygens (including phenoxy) is 1. The van der Waals surface area contributed by atoms with Crippen LogP contribution in [-0.4, -0.2) is 20.5 Å². The van der Waals surface area contributed by atoms with Gasteiger partial charge in [0.15, 0.2) is 0 Å². The van der Waals surface area contributed by atoms with Gasteiger partial charge in [-0.1, -0.05) is 15.9 Å². The number of hydrogen-bond donors (Lipinski definition) is 3. The van der Waals surface area contributed by atoms with E-state index in [0.29, 0.717) is 21.7 Å². The number of hydrazine groups is 1. The predicted octanol–water partition coefficient (Wildman–Crippen LogP) is 1.94. The van der Waals surface area contributed by atoms with Gasteiger partial charge in [0.1, 0.15) is 16.5 Å². The van der Waals surface area contributed by atoms with Crippen LogP contribution in [0.15, 0.2) is 45.9 Å². The number of nitrogens with two attached hydrogens (primary N) is 1. The largest absolute Gasteiger partial charge is 0.497 e. The fourth-order valence-corrected chi connectivity index (χ4v) is 3.04. The van der Waals surface area contributed by atoms with Crippen molar-refractivity contribution in [3.8, 4) is 5.75 Å². The Morgan fingerprint density at radius 1 is 1.29 bits per heavy atom. The molecule has 1 aromatic heterocycles. The van der Waals surface area contributed by atoms with Crippen LogP contribution in [0.2, 0.25) is 0 Å². The molecule has 112 valence electrons. The smallest absolute Gasteiger partial charge is 0.263 e. The zero-order chi connectivity index (χ0) is 15.5. The van der Waals surface area contributed by atoms with Crippen molar-refractivity contribution in [1.29, 1.82) is 0 Å². The highest BCUT2D eigenvalue weighted by Gasteiger charge is 2.15. The van der Waals surface area contributed by atoms with Crippen molar-refractivity contribution in [2.24, 2.45) is 5.84 Å². The van der Waals surface area contributed by atoms with Crippen molar-refractivity contribution in [3.05, 3.63) is 41.0 Å². The number of hydrogen-bond acceptors (Lipinski definition) is 6. The number of sulfonamides is 1. The van der Waals surface area contributed by atoms with E-state index in [9.17, 15) is 8.42 Å². The number of anilines is 2. The molecule has 9 heteroatoms. The quantitative estimate of drug-likeness (QED) is 0.546. The molecule has 2 aromatic rings. The molecule has 0 radical (unpaired) electrons. The number of nitrogen functional groups attached to an aromatic ring is 1. The number of methoxy groups -OCH3 is 1. The molecule has 0 saturated heterocycles. The Morgan fingerprint density at radius 2 is 2.05 bits per heavy atom. The molecule has 0 fully saturated rings. The third-order valence-corrected chi connectivity index (χ3v) is 4.38. The summed E-state index contributed by atoms with van der Waals surface area (Å²) in [5.41, 5.74) is 2.71. The van der Waals surface area contributed by atoms with Crippen LogP contribution in [0.5, 0.6) is 5.75 Å². The Balaban J connectivity index is 2.30. The number of nitrogens with one attached hydrogen (secondary N) is 2. The highest BCUT2D eigenvalue weighted by molar-refractivity contribution is 9.10. The van der Waals surface area contributed by atoms with Crippen molar-refractivity contribution in [1.82, 2.24) is 4.98 Å². The number of rotatable bonds is 5. The number of pyridine rings is 1. The van der Waals surface area contributed by atoms with Gasteiger partial charge in [0.2, 0.25) is 0 Å². The average molecular weight is 373 g/mol. The van der Waals surface area contributed by atoms with E-state index in [1.807, 2.05) is 0 Å². The molecule has 7 nitrogen and oxygen atoms in total. The number of halogens is 1. The Bertz CT molecular complexity index is 735. The molecular weight excluding hydrogens is 360 g/mol. The molecule has 1 heterocycles. The topological polar surface area (TPSA) is 106 Å². The number of aromatic nitrogens is 1. The van der Waals surface area contributed by atoms with Crippen LogP contribution in [0.3, 0.4) is 0 Å². The van der Waals surface area contributed by atoms with Crippen LogP contribution in [0.1, 0.15) is 0 Å². The van der Waals surface area contributed by atoms with Crippen molar-refractivity contribution in [3.63, 3.8) is 0 Å². The lowest BCUT2D eigenvalue weighted by molar-refractivity contribution is 0.415. The van der Waals surface area contributed by atoms with E-state index in [0.717, 1.165) is 0 Å². The molecule has 1 aromatic carbocycles. The van der Waals surface area contributed by atoms with E-state index in [1.54, 1.807) is 18.2 Å². The lowest BCUT2D eigenvalue weighted by atomic mass is 10.3. The minimum Gasteiger partial charge on any atom is -0.497 e. The maximum atomic E-state index is 12.3. The zero-order valence-electron chi connectivity index (χ0n) is 11.0. The van der Waals surface area contributed by atoms with Gasteiger partial charge in [0.05, 0.1) is 12.8 Å². The minimum atomic E-state index is -3.74. The van der Waals surface area contributed by atoms with E-state index in [1.165, 1.54) is 25.4 Å². The maximum Gasteiger partial charge on any atom is 0.263 e. The van der Waals surface area contributed by atoms with Gasteiger partial charge in [-0.2, -0.15) is 0 Å². The van der Waals surface area contributed by atoms with Gasteiger partial charge in [0, 0.05) is 16.7 Å². The van der Waals surface area contributed by atoms with Gasteiger partial charge in [-0.3, -0.25) is 4.72 Å². The van der Waals surface area contributed by atoms with Crippen LogP contribution >= 0.6 is 15.9 Å². The predicted molar refractivity (Wildman–Crippen MR) is 83.5 cm³/mol. The highest BCUT2D eigenvalue weighted by atomic mass is 79.9. The average Bonchev–Trinajstić information content (AvgIpc) is 2.46. The van der Waals surface area contributed by atoms with Gasteiger partial charge in [0.25, 0.3) is 10.0 Å². The fraction of sp³-hybridized carbons (Fsp3) is 0.0833. The Morgan fingerprint density at radius 3 is 2.62 bits per heavy atom. The van der Waals surface area contributed by atoms with E-state index in [-0.39, 0.29) is 4.90 Å². The van der Waals surface area contributed by atoms with Crippen LogP contribution in [0.25, 0.3) is 0 Å². The van der Waals surface area contributed by atoms with Crippen molar-refractivity contribution in [2.75, 3.05) is 17.3 Å². The first-order valence-electron chi connectivity index (χ1n) is 5.74. The van der Waals surface area contributed by atoms with Crippen LogP contribution in [0.4, 0.5) is 11.5 Å². The highest BCUT2D eigenvalue weighted by Crippen LogP contribution is 2.26. The molecule has 4 N–H and O–H groups in total. The molecule has 0 aliphatic heterocycles. The minimum absolute atomic E-state index is 0.0282. The summed E-state index contributed by atoms with van der Waals surface area (Å²) in [4.78, 5) is 3.90. The summed E-state index contributed by atoms with van der Waals surface area (Å²) in [5.74, 6) is 6.09. The second-order valence-corrected chi connectivity index (χ2v) is 6.61. The maximum absolute atomic E-state index is 12.3. The molecule has 0 saturated carbocycles. The van der Waals surface area contributed by atoms with Gasteiger partial charge in [-0.05, 0) is 24.3 Å². The first-order valence-corrected chi connectivity index (χ1v) is 8.02. The molecular formula is C12H13BrN4O3S. The SMILES string of the molecule is COc1cc(Br)cc(NS(=O)(=O)c2ccc(NN)nc2)c1. The summed E-state index contributed by atoms with van der Waals surface area (Å²) >= 11 is 3.29. The van der Waals surface area contributed by atoms with E-state index < -0.39 is 10.0 Å². The van der Waals surface area contributed by atoms with Crippen LogP contribution in [-0.2, 0) is 10.0 Å². The van der Waals surface area contributed by atoms with Crippen molar-refractivity contribution >= 4 is 37.5 Å². The number of benzene rings is 1. The van der Waals surface area contributed by atoms with E-state index in [2.05, 4.69) is 31.1 Å². The first-order chi connectivity index (χ1) is 9.94. The number of nitrogens with zero attached hydrogens (tertiary/aromatic N) is 1. The first kappa shape index (κ1) is 15.5. The molecule has 0 bridgehead atoms. The van der Waals surface area contributed by atoms with Crippen LogP contribution < -0.4 is 20.7 Å². The van der Waals surface area contributed by atoms with E-state index >= 15 is 0 Å². The second-order valence-electron chi connectivity index (χ2n) is 4.01. The monoisotopic (exact) mass is 372 g/mol. The summed E-state index contributed by atoms with van der Waals surface area (Å²) in [6.45, 7) is 0. The summed E-state index contributed by atoms with van der Waals surface area (Å²) in [7, 11) is -2.24. The molecule has 0 atom stereocenters. The Kier molecular flexibility index (Phi) is 4.66. The van der Waals surface area contributed by atoms with Crippen molar-refractivity contribution < 1.29 is 13.2 Å². The Labute approximate surface area is 130 Å².